The molecule has 5 heteroatoms. The first-order valence-electron chi connectivity index (χ1n) is 7.19. The maximum absolute atomic E-state index is 11.1. The number of nitro benzene ring substituents is 1. The normalized spacial score (nSPS) is 14.6. The van der Waals surface area contributed by atoms with Gasteiger partial charge in [0, 0.05) is 18.7 Å². The highest BCUT2D eigenvalue weighted by molar-refractivity contribution is 5.48. The molecule has 0 spiro atoms. The molecule has 1 fully saturated rings. The van der Waals surface area contributed by atoms with E-state index in [0.717, 1.165) is 12.0 Å². The number of hydrogen-bond donors (Lipinski definition) is 1. The fourth-order valence-electron chi connectivity index (χ4n) is 1.89. The maximum atomic E-state index is 11.1. The van der Waals surface area contributed by atoms with Crippen molar-refractivity contribution in [1.29, 1.82) is 0 Å². The maximum Gasteiger partial charge on any atom is 0.311 e. The minimum Gasteiger partial charge on any atom is -0.487 e. The first-order valence-corrected chi connectivity index (χ1v) is 7.19. The van der Waals surface area contributed by atoms with Gasteiger partial charge in [-0.05, 0) is 36.8 Å². The van der Waals surface area contributed by atoms with Crippen LogP contribution in [0, 0.1) is 16.0 Å². The summed E-state index contributed by atoms with van der Waals surface area (Å²) >= 11 is 0. The number of hydrogen-bond acceptors (Lipinski definition) is 4. The Labute approximate surface area is 119 Å². The summed E-state index contributed by atoms with van der Waals surface area (Å²) in [4.78, 5) is 10.8. The van der Waals surface area contributed by atoms with Gasteiger partial charge in [-0.25, -0.2) is 0 Å². The second-order valence-corrected chi connectivity index (χ2v) is 5.75. The van der Waals surface area contributed by atoms with Crippen LogP contribution in [0.2, 0.25) is 0 Å². The van der Waals surface area contributed by atoms with Gasteiger partial charge in [0.2, 0.25) is 0 Å². The lowest BCUT2D eigenvalue weighted by molar-refractivity contribution is -0.385. The Morgan fingerprint density at radius 2 is 2.20 bits per heavy atom. The lowest BCUT2D eigenvalue weighted by Gasteiger charge is -2.10. The number of benzene rings is 1. The van der Waals surface area contributed by atoms with E-state index in [1.807, 2.05) is 6.07 Å². The van der Waals surface area contributed by atoms with Gasteiger partial charge in [0.15, 0.2) is 5.75 Å². The third kappa shape index (κ3) is 4.49. The highest BCUT2D eigenvalue weighted by Crippen LogP contribution is 2.29. The summed E-state index contributed by atoms with van der Waals surface area (Å²) in [5.41, 5.74) is 0.990. The SMILES string of the molecule is CC(C)CCOc1ccc(CNC2CC2)cc1[N+](=O)[O-]. The molecule has 1 aromatic carbocycles. The van der Waals surface area contributed by atoms with Crippen LogP contribution in [-0.4, -0.2) is 17.6 Å². The van der Waals surface area contributed by atoms with Gasteiger partial charge in [-0.3, -0.25) is 10.1 Å². The molecule has 0 bridgehead atoms. The second-order valence-electron chi connectivity index (χ2n) is 5.75. The van der Waals surface area contributed by atoms with Gasteiger partial charge in [0.25, 0.3) is 0 Å². The lowest BCUT2D eigenvalue weighted by Crippen LogP contribution is -2.15. The molecule has 0 amide bonds. The molecule has 1 aliphatic rings. The fourth-order valence-corrected chi connectivity index (χ4v) is 1.89. The van der Waals surface area contributed by atoms with Gasteiger partial charge < -0.3 is 10.1 Å². The molecule has 1 aromatic rings. The quantitative estimate of drug-likeness (QED) is 0.585. The van der Waals surface area contributed by atoms with E-state index in [0.29, 0.717) is 30.9 Å². The summed E-state index contributed by atoms with van der Waals surface area (Å²) in [6, 6.07) is 5.81. The molecule has 2 rings (SSSR count). The Kier molecular flexibility index (Phi) is 4.95. The Bertz CT molecular complexity index is 470. The summed E-state index contributed by atoms with van der Waals surface area (Å²) in [6.07, 6.45) is 3.30. The van der Waals surface area contributed by atoms with E-state index < -0.39 is 0 Å². The molecule has 1 saturated carbocycles. The summed E-state index contributed by atoms with van der Waals surface area (Å²) in [5, 5.41) is 14.5. The molecule has 0 radical (unpaired) electrons. The van der Waals surface area contributed by atoms with Crippen molar-refractivity contribution in [1.82, 2.24) is 5.32 Å². The third-order valence-corrected chi connectivity index (χ3v) is 3.35. The number of ether oxygens (including phenoxy) is 1. The summed E-state index contributed by atoms with van der Waals surface area (Å²) in [5.74, 6) is 0.891. The van der Waals surface area contributed by atoms with E-state index >= 15 is 0 Å². The van der Waals surface area contributed by atoms with E-state index in [2.05, 4.69) is 19.2 Å². The van der Waals surface area contributed by atoms with Gasteiger partial charge in [0.1, 0.15) is 0 Å². The van der Waals surface area contributed by atoms with Crippen molar-refractivity contribution in [2.24, 2.45) is 5.92 Å². The van der Waals surface area contributed by atoms with Crippen LogP contribution in [0.4, 0.5) is 5.69 Å². The zero-order chi connectivity index (χ0) is 14.5. The molecule has 0 unspecified atom stereocenters. The smallest absolute Gasteiger partial charge is 0.311 e. The molecule has 0 aromatic heterocycles. The Morgan fingerprint density at radius 3 is 2.80 bits per heavy atom. The first kappa shape index (κ1) is 14.8. The highest BCUT2D eigenvalue weighted by Gasteiger charge is 2.21. The van der Waals surface area contributed by atoms with Crippen molar-refractivity contribution in [2.75, 3.05) is 6.61 Å². The largest absolute Gasteiger partial charge is 0.487 e. The van der Waals surface area contributed by atoms with Gasteiger partial charge in [-0.2, -0.15) is 0 Å². The average Bonchev–Trinajstić information content (AvgIpc) is 3.20. The number of rotatable bonds is 8. The Hall–Kier alpha value is -1.62. The molecule has 5 nitrogen and oxygen atoms in total. The minimum absolute atomic E-state index is 0.0591. The van der Waals surface area contributed by atoms with Crippen molar-refractivity contribution in [3.8, 4) is 5.75 Å². The van der Waals surface area contributed by atoms with Crippen LogP contribution in [0.3, 0.4) is 0 Å². The van der Waals surface area contributed by atoms with E-state index in [4.69, 9.17) is 4.74 Å². The van der Waals surface area contributed by atoms with E-state index in [-0.39, 0.29) is 10.6 Å². The molecule has 0 heterocycles. The number of nitrogens with one attached hydrogen (secondary N) is 1. The number of nitrogens with zero attached hydrogens (tertiary/aromatic N) is 1. The highest BCUT2D eigenvalue weighted by atomic mass is 16.6. The summed E-state index contributed by atoms with van der Waals surface area (Å²) in [7, 11) is 0. The molecular weight excluding hydrogens is 256 g/mol. The zero-order valence-electron chi connectivity index (χ0n) is 12.1. The van der Waals surface area contributed by atoms with Crippen molar-refractivity contribution < 1.29 is 9.66 Å². The van der Waals surface area contributed by atoms with Crippen LogP contribution < -0.4 is 10.1 Å². The zero-order valence-corrected chi connectivity index (χ0v) is 12.1. The molecule has 0 saturated heterocycles. The third-order valence-electron chi connectivity index (χ3n) is 3.35. The standard InChI is InChI=1S/C15H22N2O3/c1-11(2)7-8-20-15-6-3-12(9-14(15)17(18)19)10-16-13-4-5-13/h3,6,9,11,13,16H,4-5,7-8,10H2,1-2H3. The van der Waals surface area contributed by atoms with Gasteiger partial charge >= 0.3 is 5.69 Å². The van der Waals surface area contributed by atoms with Crippen LogP contribution in [0.25, 0.3) is 0 Å². The Balaban J connectivity index is 2.00. The van der Waals surface area contributed by atoms with Crippen molar-refractivity contribution in [3.05, 3.63) is 33.9 Å². The molecule has 20 heavy (non-hydrogen) atoms. The van der Waals surface area contributed by atoms with E-state index in [1.54, 1.807) is 12.1 Å². The predicted molar refractivity (Wildman–Crippen MR) is 77.9 cm³/mol. The molecular formula is C15H22N2O3. The van der Waals surface area contributed by atoms with Crippen molar-refractivity contribution >= 4 is 5.69 Å². The van der Waals surface area contributed by atoms with Crippen LogP contribution in [0.5, 0.6) is 5.75 Å². The molecule has 1 aliphatic carbocycles. The molecule has 0 aliphatic heterocycles. The van der Waals surface area contributed by atoms with Gasteiger partial charge in [-0.15, -0.1) is 0 Å². The monoisotopic (exact) mass is 278 g/mol. The predicted octanol–water partition coefficient (Wildman–Crippen LogP) is 3.27. The average molecular weight is 278 g/mol. The van der Waals surface area contributed by atoms with Crippen LogP contribution in [0.1, 0.15) is 38.7 Å². The van der Waals surface area contributed by atoms with Crippen LogP contribution in [0.15, 0.2) is 18.2 Å². The topological polar surface area (TPSA) is 64.4 Å². The van der Waals surface area contributed by atoms with Crippen LogP contribution in [-0.2, 0) is 6.54 Å². The van der Waals surface area contributed by atoms with Crippen molar-refractivity contribution in [2.45, 2.75) is 45.7 Å². The van der Waals surface area contributed by atoms with E-state index in [9.17, 15) is 10.1 Å². The van der Waals surface area contributed by atoms with E-state index in [1.165, 1.54) is 12.8 Å². The minimum atomic E-state index is -0.370. The van der Waals surface area contributed by atoms with Gasteiger partial charge in [0.05, 0.1) is 11.5 Å². The first-order chi connectivity index (χ1) is 9.56. The summed E-state index contributed by atoms with van der Waals surface area (Å²) in [6.45, 7) is 5.39. The van der Waals surface area contributed by atoms with Crippen LogP contribution >= 0.6 is 0 Å². The van der Waals surface area contributed by atoms with Crippen molar-refractivity contribution in [3.63, 3.8) is 0 Å². The molecule has 110 valence electrons. The number of nitro groups is 1. The lowest BCUT2D eigenvalue weighted by atomic mass is 10.1. The fraction of sp³-hybridized carbons (Fsp3) is 0.600. The van der Waals surface area contributed by atoms with Gasteiger partial charge in [-0.1, -0.05) is 19.9 Å². The second kappa shape index (κ2) is 6.70. The summed E-state index contributed by atoms with van der Waals surface area (Å²) < 4.78 is 5.54. The molecule has 1 N–H and O–H groups in total. The Morgan fingerprint density at radius 1 is 1.45 bits per heavy atom. The molecule has 0 atom stereocenters.